The molecule has 2 unspecified atom stereocenters. The van der Waals surface area contributed by atoms with Crippen molar-refractivity contribution in [2.75, 3.05) is 32.7 Å². The van der Waals surface area contributed by atoms with Crippen molar-refractivity contribution >= 4 is 0 Å². The van der Waals surface area contributed by atoms with E-state index in [1.165, 1.54) is 39.0 Å². The van der Waals surface area contributed by atoms with E-state index in [1.54, 1.807) is 0 Å². The van der Waals surface area contributed by atoms with Gasteiger partial charge in [0.15, 0.2) is 0 Å². The lowest BCUT2D eigenvalue weighted by Gasteiger charge is -2.38. The molecule has 2 rings (SSSR count). The molecule has 0 amide bonds. The molecule has 76 valence electrons. The molecule has 0 aromatic carbocycles. The first-order chi connectivity index (χ1) is 6.25. The molecule has 2 N–H and O–H groups in total. The number of nitrogens with zero attached hydrogens (tertiary/aromatic N) is 2. The summed E-state index contributed by atoms with van der Waals surface area (Å²) in [5.41, 5.74) is 5.81. The first-order valence-corrected chi connectivity index (χ1v) is 5.47. The maximum Gasteiger partial charge on any atom is 0.0224 e. The first kappa shape index (κ1) is 9.44. The smallest absolute Gasteiger partial charge is 0.0224 e. The van der Waals surface area contributed by atoms with Gasteiger partial charge in [-0.05, 0) is 26.3 Å². The minimum Gasteiger partial charge on any atom is -0.327 e. The molecule has 2 aliphatic rings. The summed E-state index contributed by atoms with van der Waals surface area (Å²) < 4.78 is 0. The van der Waals surface area contributed by atoms with Crippen LogP contribution in [0.4, 0.5) is 0 Å². The van der Waals surface area contributed by atoms with Crippen molar-refractivity contribution in [3.8, 4) is 0 Å². The molecule has 3 heteroatoms. The SMILES string of the molecule is CC(N)CN1CCN2CCCC2C1. The van der Waals surface area contributed by atoms with Crippen molar-refractivity contribution in [1.82, 2.24) is 9.80 Å². The Bertz CT molecular complexity index is 170. The fraction of sp³-hybridized carbons (Fsp3) is 1.00. The Balaban J connectivity index is 1.83. The van der Waals surface area contributed by atoms with Gasteiger partial charge in [-0.25, -0.2) is 0 Å². The number of rotatable bonds is 2. The average Bonchev–Trinajstić information content (AvgIpc) is 2.49. The quantitative estimate of drug-likeness (QED) is 0.660. The van der Waals surface area contributed by atoms with E-state index in [0.29, 0.717) is 6.04 Å². The number of fused-ring (bicyclic) bond motifs is 1. The highest BCUT2D eigenvalue weighted by Gasteiger charge is 2.30. The van der Waals surface area contributed by atoms with Crippen molar-refractivity contribution in [3.05, 3.63) is 0 Å². The highest BCUT2D eigenvalue weighted by atomic mass is 15.3. The topological polar surface area (TPSA) is 32.5 Å². The van der Waals surface area contributed by atoms with Gasteiger partial charge in [-0.15, -0.1) is 0 Å². The second-order valence-corrected chi connectivity index (χ2v) is 4.57. The van der Waals surface area contributed by atoms with E-state index < -0.39 is 0 Å². The molecular weight excluding hydrogens is 162 g/mol. The van der Waals surface area contributed by atoms with E-state index in [0.717, 1.165) is 12.6 Å². The minimum atomic E-state index is 0.327. The summed E-state index contributed by atoms with van der Waals surface area (Å²) in [5, 5.41) is 0. The average molecular weight is 183 g/mol. The fourth-order valence-corrected chi connectivity index (χ4v) is 2.63. The van der Waals surface area contributed by atoms with Crippen molar-refractivity contribution in [2.24, 2.45) is 5.73 Å². The Kier molecular flexibility index (Phi) is 2.86. The summed E-state index contributed by atoms with van der Waals surface area (Å²) in [6.07, 6.45) is 2.80. The number of piperazine rings is 1. The van der Waals surface area contributed by atoms with E-state index in [2.05, 4.69) is 16.7 Å². The molecule has 0 spiro atoms. The van der Waals surface area contributed by atoms with Crippen LogP contribution in [0.15, 0.2) is 0 Å². The van der Waals surface area contributed by atoms with Crippen molar-refractivity contribution in [2.45, 2.75) is 31.8 Å². The lowest BCUT2D eigenvalue weighted by Crippen LogP contribution is -2.52. The Hall–Kier alpha value is -0.120. The van der Waals surface area contributed by atoms with Gasteiger partial charge in [-0.2, -0.15) is 0 Å². The summed E-state index contributed by atoms with van der Waals surface area (Å²) in [5.74, 6) is 0. The molecule has 2 saturated heterocycles. The number of hydrogen-bond donors (Lipinski definition) is 1. The molecule has 2 aliphatic heterocycles. The van der Waals surface area contributed by atoms with Crippen LogP contribution in [0.25, 0.3) is 0 Å². The van der Waals surface area contributed by atoms with Gasteiger partial charge >= 0.3 is 0 Å². The van der Waals surface area contributed by atoms with Crippen molar-refractivity contribution < 1.29 is 0 Å². The maximum atomic E-state index is 5.81. The van der Waals surface area contributed by atoms with Crippen LogP contribution in [0.2, 0.25) is 0 Å². The Morgan fingerprint density at radius 1 is 1.38 bits per heavy atom. The Labute approximate surface area is 80.9 Å². The summed E-state index contributed by atoms with van der Waals surface area (Å²) in [7, 11) is 0. The highest BCUT2D eigenvalue weighted by molar-refractivity contribution is 4.87. The molecule has 0 radical (unpaired) electrons. The van der Waals surface area contributed by atoms with Gasteiger partial charge in [0.1, 0.15) is 0 Å². The van der Waals surface area contributed by atoms with Crippen molar-refractivity contribution in [1.29, 1.82) is 0 Å². The molecular formula is C10H21N3. The van der Waals surface area contributed by atoms with Crippen LogP contribution in [-0.2, 0) is 0 Å². The zero-order valence-corrected chi connectivity index (χ0v) is 8.58. The second-order valence-electron chi connectivity index (χ2n) is 4.57. The molecule has 13 heavy (non-hydrogen) atoms. The van der Waals surface area contributed by atoms with E-state index >= 15 is 0 Å². The molecule has 0 aliphatic carbocycles. The van der Waals surface area contributed by atoms with Crippen LogP contribution in [0.1, 0.15) is 19.8 Å². The molecule has 0 bridgehead atoms. The van der Waals surface area contributed by atoms with Gasteiger partial charge in [0.25, 0.3) is 0 Å². The summed E-state index contributed by atoms with van der Waals surface area (Å²) in [4.78, 5) is 5.16. The summed E-state index contributed by atoms with van der Waals surface area (Å²) in [6, 6.07) is 1.17. The van der Waals surface area contributed by atoms with Gasteiger partial charge in [0.05, 0.1) is 0 Å². The molecule has 2 atom stereocenters. The maximum absolute atomic E-state index is 5.81. The van der Waals surface area contributed by atoms with Gasteiger partial charge < -0.3 is 5.73 Å². The summed E-state index contributed by atoms with van der Waals surface area (Å²) >= 11 is 0. The zero-order chi connectivity index (χ0) is 9.26. The monoisotopic (exact) mass is 183 g/mol. The normalized spacial score (nSPS) is 33.2. The lowest BCUT2D eigenvalue weighted by molar-refractivity contribution is 0.101. The third-order valence-electron chi connectivity index (χ3n) is 3.22. The number of nitrogens with two attached hydrogens (primary N) is 1. The van der Waals surface area contributed by atoms with Gasteiger partial charge in [-0.1, -0.05) is 0 Å². The Morgan fingerprint density at radius 3 is 3.00 bits per heavy atom. The van der Waals surface area contributed by atoms with Gasteiger partial charge in [-0.3, -0.25) is 9.80 Å². The van der Waals surface area contributed by atoms with Gasteiger partial charge in [0.2, 0.25) is 0 Å². The summed E-state index contributed by atoms with van der Waals surface area (Å²) in [6.45, 7) is 8.24. The van der Waals surface area contributed by atoms with Crippen LogP contribution in [-0.4, -0.2) is 54.6 Å². The van der Waals surface area contributed by atoms with E-state index in [9.17, 15) is 0 Å². The largest absolute Gasteiger partial charge is 0.327 e. The molecule has 2 fully saturated rings. The first-order valence-electron chi connectivity index (χ1n) is 5.47. The van der Waals surface area contributed by atoms with E-state index in [-0.39, 0.29) is 0 Å². The zero-order valence-electron chi connectivity index (χ0n) is 8.58. The molecule has 0 saturated carbocycles. The predicted molar refractivity (Wildman–Crippen MR) is 54.7 cm³/mol. The van der Waals surface area contributed by atoms with Crippen LogP contribution >= 0.6 is 0 Å². The minimum absolute atomic E-state index is 0.327. The van der Waals surface area contributed by atoms with Crippen LogP contribution < -0.4 is 5.73 Å². The standard InChI is InChI=1S/C10H21N3/c1-9(11)7-12-5-6-13-4-2-3-10(13)8-12/h9-10H,2-8,11H2,1H3. The fourth-order valence-electron chi connectivity index (χ4n) is 2.63. The van der Waals surface area contributed by atoms with E-state index in [1.807, 2.05) is 0 Å². The molecule has 3 nitrogen and oxygen atoms in total. The van der Waals surface area contributed by atoms with Crippen LogP contribution in [0.3, 0.4) is 0 Å². The van der Waals surface area contributed by atoms with E-state index in [4.69, 9.17) is 5.73 Å². The third kappa shape index (κ3) is 2.22. The molecule has 2 heterocycles. The van der Waals surface area contributed by atoms with Gasteiger partial charge in [0, 0.05) is 38.3 Å². The lowest BCUT2D eigenvalue weighted by atomic mass is 10.1. The molecule has 0 aromatic rings. The second kappa shape index (κ2) is 3.95. The molecule has 0 aromatic heterocycles. The Morgan fingerprint density at radius 2 is 2.23 bits per heavy atom. The van der Waals surface area contributed by atoms with Crippen LogP contribution in [0.5, 0.6) is 0 Å². The predicted octanol–water partition coefficient (Wildman–Crippen LogP) is 0.114. The van der Waals surface area contributed by atoms with Crippen LogP contribution in [0, 0.1) is 0 Å². The van der Waals surface area contributed by atoms with Crippen molar-refractivity contribution in [3.63, 3.8) is 0 Å². The number of hydrogen-bond acceptors (Lipinski definition) is 3. The third-order valence-corrected chi connectivity index (χ3v) is 3.22. The highest BCUT2D eigenvalue weighted by Crippen LogP contribution is 2.21.